The van der Waals surface area contributed by atoms with Gasteiger partial charge in [-0.3, -0.25) is 0 Å². The lowest BCUT2D eigenvalue weighted by Gasteiger charge is -2.26. The molecule has 8 aromatic carbocycles. The Morgan fingerprint density at radius 3 is 1.74 bits per heavy atom. The minimum absolute atomic E-state index is 0.706. The second-order valence-electron chi connectivity index (χ2n) is 12.7. The average Bonchev–Trinajstić information content (AvgIpc) is 3.53. The second-order valence-corrected chi connectivity index (χ2v) is 12.7. The van der Waals surface area contributed by atoms with Gasteiger partial charge in [0.05, 0.1) is 5.52 Å². The van der Waals surface area contributed by atoms with Crippen LogP contribution in [0.1, 0.15) is 0 Å². The third kappa shape index (κ3) is 4.85. The number of rotatable bonds is 5. The molecular weight excluding hydrogens is 611 g/mol. The maximum atomic E-state index is 6.50. The monoisotopic (exact) mass is 639 g/mol. The number of nitrogens with zero attached hydrogens (tertiary/aromatic N) is 3. The highest BCUT2D eigenvalue weighted by Gasteiger charge is 2.17. The van der Waals surface area contributed by atoms with Gasteiger partial charge in [0.1, 0.15) is 11.2 Å². The van der Waals surface area contributed by atoms with Crippen molar-refractivity contribution in [2.45, 2.75) is 0 Å². The highest BCUT2D eigenvalue weighted by atomic mass is 16.3. The first-order valence-corrected chi connectivity index (χ1v) is 16.8. The van der Waals surface area contributed by atoms with Crippen molar-refractivity contribution in [1.82, 2.24) is 9.97 Å². The molecule has 234 valence electrons. The summed E-state index contributed by atoms with van der Waals surface area (Å²) in [6, 6.07) is 59.8. The largest absolute Gasteiger partial charge is 0.456 e. The molecule has 0 aliphatic heterocycles. The van der Waals surface area contributed by atoms with E-state index in [0.29, 0.717) is 5.82 Å². The number of hydrogen-bond donors (Lipinski definition) is 0. The fourth-order valence-electron chi connectivity index (χ4n) is 7.08. The fraction of sp³-hybridized carbons (Fsp3) is 0. The Labute approximate surface area is 288 Å². The van der Waals surface area contributed by atoms with Gasteiger partial charge in [-0.05, 0) is 105 Å². The molecule has 0 aliphatic rings. The lowest BCUT2D eigenvalue weighted by atomic mass is 10.0. The lowest BCUT2D eigenvalue weighted by molar-refractivity contribution is 0.669. The average molecular weight is 640 g/mol. The zero-order valence-electron chi connectivity index (χ0n) is 27.0. The summed E-state index contributed by atoms with van der Waals surface area (Å²) >= 11 is 0. The van der Waals surface area contributed by atoms with Gasteiger partial charge in [0.15, 0.2) is 5.82 Å². The molecule has 0 bridgehead atoms. The summed E-state index contributed by atoms with van der Waals surface area (Å²) in [5.41, 5.74) is 9.08. The Balaban J connectivity index is 1.08. The molecule has 10 rings (SSSR count). The molecule has 0 unspecified atom stereocenters. The molecular formula is C46H29N3O. The minimum Gasteiger partial charge on any atom is -0.456 e. The summed E-state index contributed by atoms with van der Waals surface area (Å²) in [4.78, 5) is 11.8. The van der Waals surface area contributed by atoms with Crippen LogP contribution in [0.3, 0.4) is 0 Å². The maximum Gasteiger partial charge on any atom is 0.159 e. The lowest BCUT2D eigenvalue weighted by Crippen LogP contribution is -2.09. The van der Waals surface area contributed by atoms with E-state index < -0.39 is 0 Å². The summed E-state index contributed by atoms with van der Waals surface area (Å²) in [6.07, 6.45) is 1.89. The summed E-state index contributed by atoms with van der Waals surface area (Å²) in [7, 11) is 0. The van der Waals surface area contributed by atoms with Crippen molar-refractivity contribution in [2.24, 2.45) is 0 Å². The molecule has 0 fully saturated rings. The van der Waals surface area contributed by atoms with Crippen molar-refractivity contribution < 1.29 is 4.42 Å². The van der Waals surface area contributed by atoms with Crippen molar-refractivity contribution >= 4 is 71.4 Å². The van der Waals surface area contributed by atoms with Gasteiger partial charge in [0.2, 0.25) is 0 Å². The van der Waals surface area contributed by atoms with E-state index in [1.54, 1.807) is 0 Å². The number of hydrogen-bond acceptors (Lipinski definition) is 4. The summed E-state index contributed by atoms with van der Waals surface area (Å²) < 4.78 is 6.50. The van der Waals surface area contributed by atoms with Crippen LogP contribution in [0.5, 0.6) is 0 Å². The summed E-state index contributed by atoms with van der Waals surface area (Å²) in [5.74, 6) is 0.706. The van der Waals surface area contributed by atoms with Crippen molar-refractivity contribution in [3.63, 3.8) is 0 Å². The van der Waals surface area contributed by atoms with E-state index in [0.717, 1.165) is 55.5 Å². The van der Waals surface area contributed by atoms with E-state index in [1.807, 2.05) is 30.5 Å². The van der Waals surface area contributed by atoms with Gasteiger partial charge in [0, 0.05) is 51.0 Å². The quantitative estimate of drug-likeness (QED) is 0.188. The molecule has 0 spiro atoms. The molecule has 2 aromatic heterocycles. The Kier molecular flexibility index (Phi) is 6.46. The van der Waals surface area contributed by atoms with E-state index in [2.05, 4.69) is 155 Å². The summed E-state index contributed by atoms with van der Waals surface area (Å²) in [6.45, 7) is 0. The Hall–Kier alpha value is -6.78. The topological polar surface area (TPSA) is 42.2 Å². The van der Waals surface area contributed by atoms with E-state index in [1.165, 1.54) is 32.7 Å². The normalized spacial score (nSPS) is 11.6. The van der Waals surface area contributed by atoms with Gasteiger partial charge in [-0.15, -0.1) is 0 Å². The standard InChI is InChI=1S/C46H29N3O/c1-2-8-33-25-36(14-13-30(33)7-1)31-15-19-38(20-16-31)49(39-21-17-32(18-22-39)46-47-29-37-11-5-6-12-43(37)48-46)40-23-24-41-42-26-34-9-3-4-10-35(34)27-44(42)50-45(41)28-40/h1-29H. The molecule has 0 saturated heterocycles. The Morgan fingerprint density at radius 2 is 0.980 bits per heavy atom. The SMILES string of the molecule is c1ccc2cc(-c3ccc(N(c4ccc(-c5ncc6ccccc6n5)cc4)c4ccc5c(c4)oc4cc6ccccc6cc45)cc3)ccc2c1. The van der Waals surface area contributed by atoms with E-state index >= 15 is 0 Å². The second kappa shape index (κ2) is 11.4. The van der Waals surface area contributed by atoms with Gasteiger partial charge in [0.25, 0.3) is 0 Å². The van der Waals surface area contributed by atoms with Crippen molar-refractivity contribution in [2.75, 3.05) is 4.90 Å². The molecule has 0 saturated carbocycles. The van der Waals surface area contributed by atoms with Crippen LogP contribution in [0.25, 0.3) is 76.9 Å². The molecule has 0 atom stereocenters. The van der Waals surface area contributed by atoms with Gasteiger partial charge < -0.3 is 9.32 Å². The molecule has 50 heavy (non-hydrogen) atoms. The Morgan fingerprint density at radius 1 is 0.400 bits per heavy atom. The number of aromatic nitrogens is 2. The van der Waals surface area contributed by atoms with E-state index in [9.17, 15) is 0 Å². The van der Waals surface area contributed by atoms with Crippen molar-refractivity contribution in [1.29, 1.82) is 0 Å². The smallest absolute Gasteiger partial charge is 0.159 e. The van der Waals surface area contributed by atoms with E-state index in [-0.39, 0.29) is 0 Å². The molecule has 10 aromatic rings. The van der Waals surface area contributed by atoms with Gasteiger partial charge in [-0.1, -0.05) is 91.0 Å². The number of furan rings is 1. The molecule has 2 heterocycles. The molecule has 0 aliphatic carbocycles. The first kappa shape index (κ1) is 28.3. The number of para-hydroxylation sites is 1. The number of fused-ring (bicyclic) bond motifs is 6. The van der Waals surface area contributed by atoms with Crippen LogP contribution in [0, 0.1) is 0 Å². The predicted molar refractivity (Wildman–Crippen MR) is 207 cm³/mol. The van der Waals surface area contributed by atoms with Crippen LogP contribution in [0.15, 0.2) is 180 Å². The molecule has 0 N–H and O–H groups in total. The predicted octanol–water partition coefficient (Wildman–Crippen LogP) is 12.6. The number of benzene rings is 8. The summed E-state index contributed by atoms with van der Waals surface area (Å²) in [5, 5.41) is 8.10. The first-order valence-electron chi connectivity index (χ1n) is 16.8. The van der Waals surface area contributed by atoms with Crippen LogP contribution >= 0.6 is 0 Å². The molecule has 4 nitrogen and oxygen atoms in total. The molecule has 0 radical (unpaired) electrons. The van der Waals surface area contributed by atoms with Gasteiger partial charge >= 0.3 is 0 Å². The highest BCUT2D eigenvalue weighted by molar-refractivity contribution is 6.10. The fourth-order valence-corrected chi connectivity index (χ4v) is 7.08. The van der Waals surface area contributed by atoms with Crippen LogP contribution in [0.4, 0.5) is 17.1 Å². The van der Waals surface area contributed by atoms with Gasteiger partial charge in [-0.25, -0.2) is 9.97 Å². The van der Waals surface area contributed by atoms with Gasteiger partial charge in [-0.2, -0.15) is 0 Å². The third-order valence-corrected chi connectivity index (χ3v) is 9.66. The molecule has 4 heteroatoms. The van der Waals surface area contributed by atoms with Crippen LogP contribution in [-0.2, 0) is 0 Å². The van der Waals surface area contributed by atoms with Crippen LogP contribution in [0.2, 0.25) is 0 Å². The maximum absolute atomic E-state index is 6.50. The third-order valence-electron chi connectivity index (χ3n) is 9.66. The van der Waals surface area contributed by atoms with Crippen molar-refractivity contribution in [3.05, 3.63) is 176 Å². The highest BCUT2D eigenvalue weighted by Crippen LogP contribution is 2.40. The van der Waals surface area contributed by atoms with E-state index in [4.69, 9.17) is 9.40 Å². The zero-order chi connectivity index (χ0) is 33.0. The van der Waals surface area contributed by atoms with Crippen molar-refractivity contribution in [3.8, 4) is 22.5 Å². The zero-order valence-corrected chi connectivity index (χ0v) is 27.0. The molecule has 0 amide bonds. The first-order chi connectivity index (χ1) is 24.7. The minimum atomic E-state index is 0.706. The van der Waals surface area contributed by atoms with Crippen LogP contribution in [-0.4, -0.2) is 9.97 Å². The number of anilines is 3. The van der Waals surface area contributed by atoms with Crippen LogP contribution < -0.4 is 4.90 Å². The Bertz CT molecular complexity index is 2750.